The summed E-state index contributed by atoms with van der Waals surface area (Å²) in [7, 11) is 8.00. The fourth-order valence-corrected chi connectivity index (χ4v) is 0. The molecule has 0 aromatic heterocycles. The first-order valence-corrected chi connectivity index (χ1v) is 0.333. The lowest BCUT2D eigenvalue weighted by Gasteiger charge is -1.000. The van der Waals surface area contributed by atoms with Gasteiger partial charge in [0.1, 0.15) is 0 Å². The van der Waals surface area contributed by atoms with E-state index in [1.165, 1.54) is 0 Å². The van der Waals surface area contributed by atoms with Crippen LogP contribution in [0.15, 0.2) is 0 Å². The average molecular weight is 125 g/mol. The molecule has 0 nitrogen and oxygen atoms in total. The van der Waals surface area contributed by atoms with Crippen LogP contribution in [0.4, 0.5) is 0 Å². The topological polar surface area (TPSA) is 0 Å². The van der Waals surface area contributed by atoms with Gasteiger partial charge in [0.05, 0.1) is 0 Å². The lowest BCUT2D eigenvalue weighted by atomic mass is 9.81. The van der Waals surface area contributed by atoms with Crippen molar-refractivity contribution < 1.29 is 0 Å². The van der Waals surface area contributed by atoms with Crippen LogP contribution < -0.4 is 0 Å². The Bertz CT molecular complexity index is 11.2. The Hall–Kier alpha value is 0.690. The Balaban J connectivity index is -0.000000000333. The molecule has 0 saturated carbocycles. The van der Waals surface area contributed by atoms with Crippen LogP contribution in [0.2, 0.25) is 0 Å². The van der Waals surface area contributed by atoms with Crippen LogP contribution in [0.1, 0.15) is 22.3 Å². The van der Waals surface area contributed by atoms with Crippen molar-refractivity contribution in [1.29, 1.82) is 0 Å². The monoisotopic (exact) mass is 126 g/mol. The quantitative estimate of drug-likeness (QED) is 0.326. The molecule has 44 valence electrons. The van der Waals surface area contributed by atoms with Gasteiger partial charge < -0.3 is 0 Å². The summed E-state index contributed by atoms with van der Waals surface area (Å²) in [5, 5.41) is 0. The first kappa shape index (κ1) is 180. The normalized spacial score (nSPS) is 0.500. The fourth-order valence-electron chi connectivity index (χ4n) is 0. The molecule has 5 heteroatoms. The van der Waals surface area contributed by atoms with Crippen molar-refractivity contribution in [3.8, 4) is 0 Å². The van der Waals surface area contributed by atoms with Gasteiger partial charge in [-0.25, -0.2) is 0 Å². The van der Waals surface area contributed by atoms with Crippen molar-refractivity contribution in [3.63, 3.8) is 0 Å². The molecule has 1 atom stereocenters. The highest BCUT2D eigenvalue weighted by molar-refractivity contribution is 6.92. The third-order valence-electron chi connectivity index (χ3n) is 0. The van der Waals surface area contributed by atoms with Crippen LogP contribution in [0.3, 0.4) is 0 Å². The number of hydrogen-bond donors (Lipinski definition) is 0. The van der Waals surface area contributed by atoms with E-state index in [4.69, 9.17) is 0 Å². The molecule has 0 bridgehead atoms. The Kier molecular flexibility index (Phi) is 16300. The van der Waals surface area contributed by atoms with E-state index < -0.39 is 0 Å². The zero-order valence-electron chi connectivity index (χ0n) is 3.02. The van der Waals surface area contributed by atoms with Crippen molar-refractivity contribution in [2.75, 3.05) is 0 Å². The van der Waals surface area contributed by atoms with Gasteiger partial charge in [0, 0.05) is 32.3 Å². The summed E-state index contributed by atoms with van der Waals surface area (Å²) in [5.74, 6) is 0. The van der Waals surface area contributed by atoms with E-state index in [0.717, 1.165) is 0 Å². The largest absolute Gasteiger partial charge is 0.153 e. The first-order chi connectivity index (χ1) is 1.00. The summed E-state index contributed by atoms with van der Waals surface area (Å²) in [5.41, 5.74) is 0. The highest BCUT2D eigenvalue weighted by Gasteiger charge is 1.00. The maximum absolute atomic E-state index is 4.00. The molecule has 0 spiro atoms. The molecular formula is C3H15B4P. The van der Waals surface area contributed by atoms with Gasteiger partial charge in [-0.3, -0.25) is 0 Å². The molecule has 0 aliphatic heterocycles. The Morgan fingerprint density at radius 2 is 0.625 bits per heavy atom. The van der Waals surface area contributed by atoms with Gasteiger partial charge in [0.2, 0.25) is 0 Å². The number of rotatable bonds is 0. The minimum atomic E-state index is 0. The van der Waals surface area contributed by atoms with E-state index in [2.05, 4.69) is 15.5 Å². The lowest BCUT2D eigenvalue weighted by Crippen LogP contribution is -1.38. The molecule has 0 aromatic carbocycles. The van der Waals surface area contributed by atoms with Gasteiger partial charge in [-0.15, -0.1) is 0 Å². The molecule has 0 saturated heterocycles. The molecule has 0 heterocycles. The molecule has 0 aliphatic carbocycles. The predicted octanol–water partition coefficient (Wildman–Crippen LogP) is 0.443. The molecule has 0 N–H and O–H groups in total. The Morgan fingerprint density at radius 3 is 0.625 bits per heavy atom. The minimum Gasteiger partial charge on any atom is -0.153 e. The Morgan fingerprint density at radius 1 is 0.625 bits per heavy atom. The summed E-state index contributed by atoms with van der Waals surface area (Å²) < 4.78 is 0. The van der Waals surface area contributed by atoms with E-state index in [0.29, 0.717) is 0 Å². The van der Waals surface area contributed by atoms with Crippen molar-refractivity contribution in [3.05, 3.63) is 0 Å². The van der Waals surface area contributed by atoms with Crippen molar-refractivity contribution in [1.82, 2.24) is 0 Å². The van der Waals surface area contributed by atoms with E-state index >= 15 is 0 Å². The van der Waals surface area contributed by atoms with Crippen molar-refractivity contribution >= 4 is 42.2 Å². The third-order valence-corrected chi connectivity index (χ3v) is 0. The molecule has 0 aliphatic rings. The van der Waals surface area contributed by atoms with Gasteiger partial charge >= 0.3 is 0 Å². The van der Waals surface area contributed by atoms with E-state index in [1.54, 1.807) is 0 Å². The van der Waals surface area contributed by atoms with Gasteiger partial charge in [0.15, 0.2) is 0 Å². The van der Waals surface area contributed by atoms with Gasteiger partial charge in [-0.1, -0.05) is 22.3 Å². The third kappa shape index (κ3) is 455. The van der Waals surface area contributed by atoms with Crippen LogP contribution in [-0.4, -0.2) is 32.3 Å². The second kappa shape index (κ2) is 723. The standard InChI is InChI=1S/3CH4.B2.2B.H3P/c;;;1-2;;;/h3*1H4;;;;1H3. The summed E-state index contributed by atoms with van der Waals surface area (Å²) in [6.07, 6.45) is 0. The van der Waals surface area contributed by atoms with Crippen LogP contribution in [0.5, 0.6) is 0 Å². The van der Waals surface area contributed by atoms with Gasteiger partial charge in [-0.2, -0.15) is 9.90 Å². The van der Waals surface area contributed by atoms with Gasteiger partial charge in [-0.05, 0) is 0 Å². The maximum Gasteiger partial charge on any atom is 0 e. The van der Waals surface area contributed by atoms with Crippen LogP contribution in [0.25, 0.3) is 0 Å². The predicted molar refractivity (Wildman–Crippen MR) is 54.3 cm³/mol. The number of hydrogen-bond acceptors (Lipinski definition) is 0. The Labute approximate surface area is 65.2 Å². The summed E-state index contributed by atoms with van der Waals surface area (Å²) in [4.78, 5) is 0. The van der Waals surface area contributed by atoms with Crippen LogP contribution in [0, 0.1) is 0 Å². The molecular weight excluding hydrogens is 110 g/mol. The molecule has 0 rings (SSSR count). The molecule has 1 unspecified atom stereocenters. The summed E-state index contributed by atoms with van der Waals surface area (Å²) >= 11 is 0. The maximum atomic E-state index is 4.00. The molecule has 0 amide bonds. The van der Waals surface area contributed by atoms with Crippen molar-refractivity contribution in [2.45, 2.75) is 22.3 Å². The van der Waals surface area contributed by atoms with E-state index in [1.807, 2.05) is 0 Å². The van der Waals surface area contributed by atoms with E-state index in [9.17, 15) is 0 Å². The van der Waals surface area contributed by atoms with Crippen LogP contribution >= 0.6 is 9.90 Å². The second-order valence-corrected chi connectivity index (χ2v) is 0. The van der Waals surface area contributed by atoms with Gasteiger partial charge in [0.25, 0.3) is 0 Å². The highest BCUT2D eigenvalue weighted by atomic mass is 31.0. The van der Waals surface area contributed by atoms with Crippen LogP contribution in [-0.2, 0) is 0 Å². The highest BCUT2D eigenvalue weighted by Crippen LogP contribution is 0.861. The smallest absolute Gasteiger partial charge is 0 e. The molecule has 8 heavy (non-hydrogen) atoms. The molecule has 0 fully saturated rings. The fraction of sp³-hybridized carbons (Fsp3) is 1.00. The summed E-state index contributed by atoms with van der Waals surface area (Å²) in [6, 6.07) is 0. The zero-order chi connectivity index (χ0) is 2.00. The SMILES string of the molecule is C.C.C.P.[B].[B].[B][B]. The van der Waals surface area contributed by atoms with Crippen molar-refractivity contribution in [2.24, 2.45) is 0 Å². The first-order valence-electron chi connectivity index (χ1n) is 0.333. The average Bonchev–Trinajstić information content (AvgIpc) is 1.00. The minimum absolute atomic E-state index is 0. The van der Waals surface area contributed by atoms with E-state index in [-0.39, 0.29) is 49.0 Å². The zero-order valence-corrected chi connectivity index (χ0v) is 4.43. The molecule has 10 radical (unpaired) electrons. The second-order valence-electron chi connectivity index (χ2n) is 0. The lowest BCUT2D eigenvalue weighted by molar-refractivity contribution is 2.50. The summed E-state index contributed by atoms with van der Waals surface area (Å²) in [6.45, 7) is 0. The molecule has 0 aromatic rings.